The second-order valence-corrected chi connectivity index (χ2v) is 5.62. The smallest absolute Gasteiger partial charge is 0.105 e. The third-order valence-corrected chi connectivity index (χ3v) is 3.81. The average molecular weight is 265 g/mol. The Morgan fingerprint density at radius 1 is 1.37 bits per heavy atom. The summed E-state index contributed by atoms with van der Waals surface area (Å²) >= 11 is 0. The first-order chi connectivity index (χ1) is 9.34. The summed E-state index contributed by atoms with van der Waals surface area (Å²) in [6.07, 6.45) is 11.0. The van der Waals surface area contributed by atoms with Crippen molar-refractivity contribution in [2.45, 2.75) is 64.0 Å². The summed E-state index contributed by atoms with van der Waals surface area (Å²) in [5, 5.41) is 3.52. The standard InChI is InChI=1S/C16H27NO2/c1-14(13-16-9-5-11-19-16)17-10-6-12-18-15-7-3-2-4-8-15/h5,9,11,14-15,17H,2-4,6-8,10,12-13H2,1H3. The molecule has 1 aliphatic rings. The Labute approximate surface area is 116 Å². The molecule has 108 valence electrons. The summed E-state index contributed by atoms with van der Waals surface area (Å²) in [5.41, 5.74) is 0. The lowest BCUT2D eigenvalue weighted by molar-refractivity contribution is 0.0271. The van der Waals surface area contributed by atoms with E-state index in [2.05, 4.69) is 12.2 Å². The van der Waals surface area contributed by atoms with E-state index in [1.165, 1.54) is 32.1 Å². The van der Waals surface area contributed by atoms with Gasteiger partial charge in [0.25, 0.3) is 0 Å². The van der Waals surface area contributed by atoms with Gasteiger partial charge in [0.1, 0.15) is 5.76 Å². The molecule has 0 spiro atoms. The average Bonchev–Trinajstić information content (AvgIpc) is 2.92. The van der Waals surface area contributed by atoms with Crippen molar-refractivity contribution in [3.05, 3.63) is 24.2 Å². The quantitative estimate of drug-likeness (QED) is 0.730. The van der Waals surface area contributed by atoms with E-state index < -0.39 is 0 Å². The first-order valence-corrected chi connectivity index (χ1v) is 7.72. The Hall–Kier alpha value is -0.800. The van der Waals surface area contributed by atoms with E-state index in [1.54, 1.807) is 6.26 Å². The number of furan rings is 1. The van der Waals surface area contributed by atoms with Crippen LogP contribution in [0.1, 0.15) is 51.2 Å². The van der Waals surface area contributed by atoms with Crippen LogP contribution in [0.25, 0.3) is 0 Å². The molecule has 1 N–H and O–H groups in total. The van der Waals surface area contributed by atoms with Gasteiger partial charge in [-0.2, -0.15) is 0 Å². The van der Waals surface area contributed by atoms with Crippen LogP contribution in [-0.2, 0) is 11.2 Å². The molecule has 1 aromatic heterocycles. The van der Waals surface area contributed by atoms with Gasteiger partial charge in [0.15, 0.2) is 0 Å². The minimum atomic E-state index is 0.459. The van der Waals surface area contributed by atoms with Gasteiger partial charge in [-0.1, -0.05) is 19.3 Å². The highest BCUT2D eigenvalue weighted by molar-refractivity contribution is 4.99. The summed E-state index contributed by atoms with van der Waals surface area (Å²) in [4.78, 5) is 0. The molecular formula is C16H27NO2. The zero-order valence-electron chi connectivity index (χ0n) is 12.1. The number of ether oxygens (including phenoxy) is 1. The molecule has 0 saturated heterocycles. The van der Waals surface area contributed by atoms with Crippen molar-refractivity contribution < 1.29 is 9.15 Å². The van der Waals surface area contributed by atoms with Gasteiger partial charge in [0.2, 0.25) is 0 Å². The second kappa shape index (κ2) is 8.39. The van der Waals surface area contributed by atoms with E-state index in [9.17, 15) is 0 Å². The van der Waals surface area contributed by atoms with Crippen LogP contribution in [0.5, 0.6) is 0 Å². The third-order valence-electron chi connectivity index (χ3n) is 3.81. The van der Waals surface area contributed by atoms with Crippen LogP contribution < -0.4 is 5.32 Å². The van der Waals surface area contributed by atoms with Crippen LogP contribution in [0.2, 0.25) is 0 Å². The van der Waals surface area contributed by atoms with Crippen molar-refractivity contribution >= 4 is 0 Å². The molecule has 1 aromatic rings. The van der Waals surface area contributed by atoms with Crippen molar-refractivity contribution in [1.29, 1.82) is 0 Å². The largest absolute Gasteiger partial charge is 0.469 e. The Balaban J connectivity index is 1.47. The highest BCUT2D eigenvalue weighted by Crippen LogP contribution is 2.20. The van der Waals surface area contributed by atoms with Gasteiger partial charge in [0, 0.05) is 19.1 Å². The highest BCUT2D eigenvalue weighted by atomic mass is 16.5. The maximum absolute atomic E-state index is 5.91. The van der Waals surface area contributed by atoms with Crippen LogP contribution in [-0.4, -0.2) is 25.3 Å². The van der Waals surface area contributed by atoms with Crippen LogP contribution >= 0.6 is 0 Å². The van der Waals surface area contributed by atoms with E-state index in [0.29, 0.717) is 12.1 Å². The number of rotatable bonds is 8. The van der Waals surface area contributed by atoms with Gasteiger partial charge in [-0.15, -0.1) is 0 Å². The number of hydrogen-bond acceptors (Lipinski definition) is 3. The first-order valence-electron chi connectivity index (χ1n) is 7.72. The molecule has 0 amide bonds. The molecule has 19 heavy (non-hydrogen) atoms. The number of nitrogens with one attached hydrogen (secondary N) is 1. The molecule has 1 unspecified atom stereocenters. The predicted octanol–water partition coefficient (Wildman–Crippen LogP) is 3.54. The van der Waals surface area contributed by atoms with Gasteiger partial charge in [-0.05, 0) is 44.9 Å². The SMILES string of the molecule is CC(Cc1ccco1)NCCCOC1CCCCC1. The van der Waals surface area contributed by atoms with Gasteiger partial charge in [0.05, 0.1) is 12.4 Å². The minimum absolute atomic E-state index is 0.459. The maximum Gasteiger partial charge on any atom is 0.105 e. The van der Waals surface area contributed by atoms with E-state index in [1.807, 2.05) is 12.1 Å². The van der Waals surface area contributed by atoms with Crippen LogP contribution in [0, 0.1) is 0 Å². The van der Waals surface area contributed by atoms with E-state index >= 15 is 0 Å². The normalized spacial score (nSPS) is 18.6. The first kappa shape index (κ1) is 14.6. The molecule has 1 saturated carbocycles. The molecule has 3 nitrogen and oxygen atoms in total. The molecule has 0 radical (unpaired) electrons. The topological polar surface area (TPSA) is 34.4 Å². The van der Waals surface area contributed by atoms with Gasteiger partial charge in [-0.3, -0.25) is 0 Å². The fourth-order valence-electron chi connectivity index (χ4n) is 2.71. The summed E-state index contributed by atoms with van der Waals surface area (Å²) < 4.78 is 11.3. The zero-order valence-corrected chi connectivity index (χ0v) is 12.1. The molecule has 1 heterocycles. The third kappa shape index (κ3) is 5.79. The molecule has 0 bridgehead atoms. The van der Waals surface area contributed by atoms with E-state index in [0.717, 1.165) is 31.8 Å². The molecule has 0 aliphatic heterocycles. The molecule has 1 aliphatic carbocycles. The van der Waals surface area contributed by atoms with Crippen LogP contribution in [0.3, 0.4) is 0 Å². The lowest BCUT2D eigenvalue weighted by Gasteiger charge is -2.22. The second-order valence-electron chi connectivity index (χ2n) is 5.62. The molecule has 0 aromatic carbocycles. The Morgan fingerprint density at radius 3 is 2.95 bits per heavy atom. The molecule has 3 heteroatoms. The van der Waals surface area contributed by atoms with Gasteiger partial charge in [-0.25, -0.2) is 0 Å². The van der Waals surface area contributed by atoms with E-state index in [4.69, 9.17) is 9.15 Å². The molecule has 2 rings (SSSR count). The van der Waals surface area contributed by atoms with Crippen LogP contribution in [0.4, 0.5) is 0 Å². The van der Waals surface area contributed by atoms with Crippen LogP contribution in [0.15, 0.2) is 22.8 Å². The number of hydrogen-bond donors (Lipinski definition) is 1. The predicted molar refractivity (Wildman–Crippen MR) is 77.3 cm³/mol. The zero-order chi connectivity index (χ0) is 13.3. The summed E-state index contributed by atoms with van der Waals surface area (Å²) in [5.74, 6) is 1.05. The summed E-state index contributed by atoms with van der Waals surface area (Å²) in [6.45, 7) is 4.12. The molecule has 1 atom stereocenters. The van der Waals surface area contributed by atoms with Crippen molar-refractivity contribution in [3.8, 4) is 0 Å². The molecular weight excluding hydrogens is 238 g/mol. The van der Waals surface area contributed by atoms with Crippen molar-refractivity contribution in [3.63, 3.8) is 0 Å². The van der Waals surface area contributed by atoms with Crippen molar-refractivity contribution in [2.24, 2.45) is 0 Å². The lowest BCUT2D eigenvalue weighted by atomic mass is 9.98. The summed E-state index contributed by atoms with van der Waals surface area (Å²) in [7, 11) is 0. The minimum Gasteiger partial charge on any atom is -0.469 e. The maximum atomic E-state index is 5.91. The highest BCUT2D eigenvalue weighted by Gasteiger charge is 2.13. The van der Waals surface area contributed by atoms with E-state index in [-0.39, 0.29) is 0 Å². The Kier molecular flexibility index (Phi) is 6.45. The summed E-state index contributed by atoms with van der Waals surface area (Å²) in [6, 6.07) is 4.44. The fraction of sp³-hybridized carbons (Fsp3) is 0.750. The van der Waals surface area contributed by atoms with Crippen molar-refractivity contribution in [2.75, 3.05) is 13.2 Å². The fourth-order valence-corrected chi connectivity index (χ4v) is 2.71. The Morgan fingerprint density at radius 2 is 2.21 bits per heavy atom. The Bertz CT molecular complexity index is 317. The van der Waals surface area contributed by atoms with Gasteiger partial charge < -0.3 is 14.5 Å². The van der Waals surface area contributed by atoms with Crippen molar-refractivity contribution in [1.82, 2.24) is 5.32 Å². The monoisotopic (exact) mass is 265 g/mol. The lowest BCUT2D eigenvalue weighted by Crippen LogP contribution is -2.30. The molecule has 1 fully saturated rings. The van der Waals surface area contributed by atoms with Gasteiger partial charge >= 0.3 is 0 Å².